The van der Waals surface area contributed by atoms with Gasteiger partial charge in [-0.1, -0.05) is 13.0 Å². The molecule has 1 aromatic rings. The van der Waals surface area contributed by atoms with E-state index in [1.165, 1.54) is 6.07 Å². The highest BCUT2D eigenvalue weighted by atomic mass is 32.2. The zero-order valence-corrected chi connectivity index (χ0v) is 19.3. The number of sulfone groups is 1. The molecule has 2 saturated heterocycles. The average molecular weight is 490 g/mol. The lowest BCUT2D eigenvalue weighted by Gasteiger charge is -2.44. The minimum Gasteiger partial charge on any atom is -0.352 e. The molecule has 2 fully saturated rings. The quantitative estimate of drug-likeness (QED) is 0.649. The number of nitrogens with zero attached hydrogens (tertiary/aromatic N) is 3. The molecule has 0 radical (unpaired) electrons. The summed E-state index contributed by atoms with van der Waals surface area (Å²) in [7, 11) is -3.06. The third-order valence-corrected chi connectivity index (χ3v) is 9.30. The number of anilines is 1. The number of alkyl halides is 3. The molecule has 4 heterocycles. The molecule has 3 aliphatic heterocycles. The number of carbonyl (C=O) groups is 1. The maximum absolute atomic E-state index is 13.3. The highest BCUT2D eigenvalue weighted by Crippen LogP contribution is 2.38. The van der Waals surface area contributed by atoms with Gasteiger partial charge in [-0.3, -0.25) is 4.79 Å². The zero-order chi connectivity index (χ0) is 23.1. The van der Waals surface area contributed by atoms with Gasteiger partial charge in [-0.05, 0) is 31.4 Å². The van der Waals surface area contributed by atoms with E-state index in [0.717, 1.165) is 23.6 Å². The highest BCUT2D eigenvalue weighted by molar-refractivity contribution is 8.04. The molecule has 0 saturated carbocycles. The summed E-state index contributed by atoms with van der Waals surface area (Å²) in [6.45, 7) is 3.44. The fourth-order valence-corrected chi connectivity index (χ4v) is 7.14. The van der Waals surface area contributed by atoms with Gasteiger partial charge in [0.15, 0.2) is 0 Å². The van der Waals surface area contributed by atoms with Crippen molar-refractivity contribution < 1.29 is 26.4 Å². The van der Waals surface area contributed by atoms with Gasteiger partial charge in [-0.2, -0.15) is 13.2 Å². The summed E-state index contributed by atoms with van der Waals surface area (Å²) in [6, 6.07) is 2.19. The molecule has 3 aliphatic rings. The van der Waals surface area contributed by atoms with E-state index >= 15 is 0 Å². The molecular formula is C21H26F3N3O3S2. The molecule has 6 nitrogen and oxygen atoms in total. The molecule has 32 heavy (non-hydrogen) atoms. The lowest BCUT2D eigenvalue weighted by molar-refractivity contribution is -0.138. The van der Waals surface area contributed by atoms with E-state index in [4.69, 9.17) is 0 Å². The average Bonchev–Trinajstić information content (AvgIpc) is 3.18. The van der Waals surface area contributed by atoms with Crippen molar-refractivity contribution in [1.82, 2.24) is 9.88 Å². The molecular weight excluding hydrogens is 463 g/mol. The van der Waals surface area contributed by atoms with Crippen molar-refractivity contribution in [2.75, 3.05) is 36.0 Å². The number of aromatic nitrogens is 1. The first-order chi connectivity index (χ1) is 15.0. The minimum absolute atomic E-state index is 0.0222. The summed E-state index contributed by atoms with van der Waals surface area (Å²) in [5, 5.41) is 0.404. The first kappa shape index (κ1) is 23.4. The van der Waals surface area contributed by atoms with Crippen molar-refractivity contribution in [1.29, 1.82) is 0 Å². The molecule has 0 spiro atoms. The first-order valence-corrected chi connectivity index (χ1v) is 13.4. The Morgan fingerprint density at radius 3 is 2.47 bits per heavy atom. The van der Waals surface area contributed by atoms with Crippen LogP contribution in [0.25, 0.3) is 0 Å². The van der Waals surface area contributed by atoms with Gasteiger partial charge < -0.3 is 9.80 Å². The zero-order valence-electron chi connectivity index (χ0n) is 17.7. The molecule has 0 aliphatic carbocycles. The lowest BCUT2D eigenvalue weighted by Crippen LogP contribution is -2.57. The highest BCUT2D eigenvalue weighted by Gasteiger charge is 2.39. The van der Waals surface area contributed by atoms with Crippen LogP contribution in [0, 0.1) is 5.92 Å². The summed E-state index contributed by atoms with van der Waals surface area (Å²) in [5.41, 5.74) is -0.790. The molecule has 11 heteroatoms. The summed E-state index contributed by atoms with van der Waals surface area (Å²) in [4.78, 5) is 22.2. The molecule has 2 atom stereocenters. The van der Waals surface area contributed by atoms with Crippen LogP contribution in [0.5, 0.6) is 0 Å². The Hall–Kier alpha value is -1.75. The molecule has 0 bridgehead atoms. The van der Waals surface area contributed by atoms with Crippen LogP contribution in [0.4, 0.5) is 19.0 Å². The molecule has 1 amide bonds. The van der Waals surface area contributed by atoms with Crippen molar-refractivity contribution in [2.45, 2.75) is 43.7 Å². The van der Waals surface area contributed by atoms with Gasteiger partial charge in [0, 0.05) is 41.9 Å². The van der Waals surface area contributed by atoms with E-state index in [2.05, 4.69) is 18.0 Å². The number of pyridine rings is 1. The van der Waals surface area contributed by atoms with Gasteiger partial charge in [0.2, 0.25) is 5.91 Å². The predicted molar refractivity (Wildman–Crippen MR) is 118 cm³/mol. The fraction of sp³-hybridized carbons (Fsp3) is 0.619. The van der Waals surface area contributed by atoms with E-state index in [-0.39, 0.29) is 29.4 Å². The second-order valence-electron chi connectivity index (χ2n) is 8.59. The second-order valence-corrected chi connectivity index (χ2v) is 12.4. The lowest BCUT2D eigenvalue weighted by atomic mass is 9.98. The Morgan fingerprint density at radius 1 is 1.19 bits per heavy atom. The van der Waals surface area contributed by atoms with Crippen molar-refractivity contribution in [2.24, 2.45) is 5.92 Å². The van der Waals surface area contributed by atoms with Crippen LogP contribution in [0.2, 0.25) is 0 Å². The van der Waals surface area contributed by atoms with Gasteiger partial charge in [0.1, 0.15) is 15.7 Å². The Labute approximate surface area is 190 Å². The Kier molecular flexibility index (Phi) is 6.50. The van der Waals surface area contributed by atoms with Gasteiger partial charge in [-0.15, -0.1) is 11.8 Å². The fourth-order valence-electron chi connectivity index (χ4n) is 4.44. The minimum atomic E-state index is -4.44. The molecule has 2 unspecified atom stereocenters. The van der Waals surface area contributed by atoms with Gasteiger partial charge in [0.05, 0.1) is 23.1 Å². The largest absolute Gasteiger partial charge is 0.417 e. The van der Waals surface area contributed by atoms with Gasteiger partial charge >= 0.3 is 6.18 Å². The molecule has 1 aromatic heterocycles. The van der Waals surface area contributed by atoms with Crippen LogP contribution < -0.4 is 4.90 Å². The van der Waals surface area contributed by atoms with E-state index in [1.54, 1.807) is 11.8 Å². The van der Waals surface area contributed by atoms with Crippen LogP contribution in [0.3, 0.4) is 0 Å². The van der Waals surface area contributed by atoms with Crippen LogP contribution >= 0.6 is 11.8 Å². The number of carbonyl (C=O) groups excluding carboxylic acids is 1. The van der Waals surface area contributed by atoms with Crippen LogP contribution in [0.15, 0.2) is 29.3 Å². The monoisotopic (exact) mass is 489 g/mol. The van der Waals surface area contributed by atoms with Crippen molar-refractivity contribution >= 4 is 33.3 Å². The molecule has 0 aromatic carbocycles. The topological polar surface area (TPSA) is 70.6 Å². The number of thioether (sulfide) groups is 1. The van der Waals surface area contributed by atoms with E-state index in [9.17, 15) is 26.4 Å². The van der Waals surface area contributed by atoms with Crippen molar-refractivity contribution in [3.63, 3.8) is 0 Å². The normalized spacial score (nSPS) is 26.8. The summed E-state index contributed by atoms with van der Waals surface area (Å²) in [5.74, 6) is 0.207. The number of hydrogen-bond donors (Lipinski definition) is 0. The number of piperazine rings is 1. The van der Waals surface area contributed by atoms with Gasteiger partial charge in [-0.25, -0.2) is 13.4 Å². The smallest absolute Gasteiger partial charge is 0.352 e. The Balaban J connectivity index is 1.52. The van der Waals surface area contributed by atoms with Crippen LogP contribution in [-0.2, 0) is 20.8 Å². The summed E-state index contributed by atoms with van der Waals surface area (Å²) in [6.07, 6.45) is 0.131. The predicted octanol–water partition coefficient (Wildman–Crippen LogP) is 3.35. The number of allylic oxidation sites excluding steroid dienone is 1. The van der Waals surface area contributed by atoms with E-state index in [1.807, 2.05) is 9.80 Å². The van der Waals surface area contributed by atoms with E-state index in [0.29, 0.717) is 43.5 Å². The van der Waals surface area contributed by atoms with Crippen LogP contribution in [0.1, 0.15) is 31.7 Å². The number of rotatable bonds is 3. The molecule has 4 rings (SSSR count). The third kappa shape index (κ3) is 5.08. The third-order valence-electron chi connectivity index (χ3n) is 6.28. The van der Waals surface area contributed by atoms with Crippen LogP contribution in [-0.4, -0.2) is 66.6 Å². The van der Waals surface area contributed by atoms with Crippen molar-refractivity contribution in [3.8, 4) is 0 Å². The number of hydrogen-bond acceptors (Lipinski definition) is 6. The summed E-state index contributed by atoms with van der Waals surface area (Å²) >= 11 is 1.72. The second kappa shape index (κ2) is 8.89. The maximum Gasteiger partial charge on any atom is 0.417 e. The van der Waals surface area contributed by atoms with E-state index < -0.39 is 21.6 Å². The Morgan fingerprint density at radius 2 is 1.91 bits per heavy atom. The SMILES string of the molecule is CC1CC=C(C2CN(c3ccc(C(F)(F)F)cn3)CCN2C(=O)C2CCS(=O)(=O)CC2)S1. The maximum atomic E-state index is 13.3. The first-order valence-electron chi connectivity index (χ1n) is 10.7. The van der Waals surface area contributed by atoms with Crippen molar-refractivity contribution in [3.05, 3.63) is 34.9 Å². The Bertz CT molecular complexity index is 982. The standard InChI is InChI=1S/C21H26F3N3O3S2/c1-14-2-4-18(31-14)17-13-26(19-5-3-16(12-25-19)21(22,23)24)8-9-27(17)20(28)15-6-10-32(29,30)11-7-15/h3-5,12,14-15,17H,2,6-11,13H2,1H3. The summed E-state index contributed by atoms with van der Waals surface area (Å²) < 4.78 is 62.2. The number of halogens is 3. The number of amides is 1. The van der Waals surface area contributed by atoms with Gasteiger partial charge in [0.25, 0.3) is 0 Å². The molecule has 176 valence electrons. The molecule has 0 N–H and O–H groups in total.